The molecule has 2 aromatic rings. The van der Waals surface area contributed by atoms with E-state index in [0.717, 1.165) is 16.0 Å². The Balaban J connectivity index is 2.23. The molecule has 106 valence electrons. The summed E-state index contributed by atoms with van der Waals surface area (Å²) in [6.07, 6.45) is 0. The van der Waals surface area contributed by atoms with Gasteiger partial charge in [0.1, 0.15) is 17.1 Å². The van der Waals surface area contributed by atoms with Gasteiger partial charge in [0.2, 0.25) is 0 Å². The summed E-state index contributed by atoms with van der Waals surface area (Å²) in [6, 6.07) is 7.17. The van der Waals surface area contributed by atoms with E-state index in [0.29, 0.717) is 11.5 Å². The van der Waals surface area contributed by atoms with Crippen molar-refractivity contribution in [3.8, 4) is 0 Å². The van der Waals surface area contributed by atoms with Crippen molar-refractivity contribution in [2.45, 2.75) is 31.4 Å². The van der Waals surface area contributed by atoms with Crippen LogP contribution in [0.25, 0.3) is 0 Å². The molecule has 0 saturated heterocycles. The van der Waals surface area contributed by atoms with E-state index in [1.165, 1.54) is 6.07 Å². The molecule has 1 aromatic carbocycles. The third kappa shape index (κ3) is 2.99. The molecule has 1 N–H and O–H groups in total. The van der Waals surface area contributed by atoms with Gasteiger partial charge in [0, 0.05) is 4.90 Å². The molecule has 0 aliphatic carbocycles. The van der Waals surface area contributed by atoms with Crippen molar-refractivity contribution < 1.29 is 18.5 Å². The predicted molar refractivity (Wildman–Crippen MR) is 76.4 cm³/mol. The lowest BCUT2D eigenvalue weighted by atomic mass is 10.2. The van der Waals surface area contributed by atoms with Crippen molar-refractivity contribution in [2.24, 2.45) is 0 Å². The highest BCUT2D eigenvalue weighted by atomic mass is 32.2. The average molecular weight is 292 g/mol. The molecule has 20 heavy (non-hydrogen) atoms. The van der Waals surface area contributed by atoms with Gasteiger partial charge in [0.05, 0.1) is 16.6 Å². The first-order chi connectivity index (χ1) is 9.38. The monoisotopic (exact) mass is 292 g/mol. The molecular weight excluding hydrogens is 276 g/mol. The van der Waals surface area contributed by atoms with Crippen molar-refractivity contribution in [1.29, 1.82) is 0 Å². The Bertz CT molecular complexity index is 685. The Hall–Kier alpha value is -1.88. The van der Waals surface area contributed by atoms with E-state index in [-0.39, 0.29) is 11.3 Å². The number of hydrogen-bond acceptors (Lipinski definition) is 3. The molecule has 0 bridgehead atoms. The molecule has 0 radical (unpaired) electrons. The van der Waals surface area contributed by atoms with E-state index < -0.39 is 16.8 Å². The van der Waals surface area contributed by atoms with Crippen molar-refractivity contribution in [1.82, 2.24) is 0 Å². The largest absolute Gasteiger partial charge is 0.478 e. The van der Waals surface area contributed by atoms with Gasteiger partial charge in [-0.1, -0.05) is 17.7 Å². The van der Waals surface area contributed by atoms with Gasteiger partial charge in [-0.2, -0.15) is 0 Å². The molecule has 0 aliphatic rings. The first kappa shape index (κ1) is 14.5. The topological polar surface area (TPSA) is 67.5 Å². The number of aryl methyl sites for hydroxylation is 3. The fourth-order valence-electron chi connectivity index (χ4n) is 2.09. The maximum Gasteiger partial charge on any atom is 0.339 e. The number of hydrogen-bond donors (Lipinski definition) is 1. The summed E-state index contributed by atoms with van der Waals surface area (Å²) in [7, 11) is -1.25. The van der Waals surface area contributed by atoms with Crippen molar-refractivity contribution in [3.63, 3.8) is 0 Å². The third-order valence-electron chi connectivity index (χ3n) is 3.05. The van der Waals surface area contributed by atoms with Gasteiger partial charge in [-0.3, -0.25) is 4.21 Å². The van der Waals surface area contributed by atoms with Gasteiger partial charge in [-0.25, -0.2) is 4.79 Å². The Kier molecular flexibility index (Phi) is 4.09. The number of carbonyl (C=O) groups is 1. The van der Waals surface area contributed by atoms with Crippen LogP contribution in [0.3, 0.4) is 0 Å². The molecular formula is C15H16O4S. The average Bonchev–Trinajstić information content (AvgIpc) is 2.70. The number of rotatable bonds is 4. The zero-order chi connectivity index (χ0) is 14.9. The van der Waals surface area contributed by atoms with Gasteiger partial charge in [-0.05, 0) is 38.5 Å². The number of carboxylic acid groups (broad SMARTS) is 1. The molecule has 0 fully saturated rings. The van der Waals surface area contributed by atoms with Crippen molar-refractivity contribution >= 4 is 16.8 Å². The molecule has 1 heterocycles. The molecule has 1 unspecified atom stereocenters. The molecule has 4 nitrogen and oxygen atoms in total. The van der Waals surface area contributed by atoms with Crippen LogP contribution in [0.5, 0.6) is 0 Å². The molecule has 5 heteroatoms. The van der Waals surface area contributed by atoms with Crippen molar-refractivity contribution in [2.75, 3.05) is 0 Å². The highest BCUT2D eigenvalue weighted by Gasteiger charge is 2.16. The van der Waals surface area contributed by atoms with Gasteiger partial charge >= 0.3 is 5.97 Å². The van der Waals surface area contributed by atoms with E-state index in [1.54, 1.807) is 6.92 Å². The summed E-state index contributed by atoms with van der Waals surface area (Å²) in [5, 5.41) is 8.97. The van der Waals surface area contributed by atoms with Gasteiger partial charge < -0.3 is 9.52 Å². The second kappa shape index (κ2) is 5.63. The Morgan fingerprint density at radius 1 is 1.25 bits per heavy atom. The lowest BCUT2D eigenvalue weighted by Crippen LogP contribution is -1.98. The predicted octanol–water partition coefficient (Wildman–Crippen LogP) is 3.21. The van der Waals surface area contributed by atoms with Crippen LogP contribution in [0.2, 0.25) is 0 Å². The van der Waals surface area contributed by atoms with Crippen LogP contribution < -0.4 is 0 Å². The number of furan rings is 1. The van der Waals surface area contributed by atoms with Crippen LogP contribution in [0.15, 0.2) is 33.6 Å². The van der Waals surface area contributed by atoms with Crippen molar-refractivity contribution in [3.05, 3.63) is 52.5 Å². The van der Waals surface area contributed by atoms with E-state index in [4.69, 9.17) is 9.52 Å². The summed E-state index contributed by atoms with van der Waals surface area (Å²) in [4.78, 5) is 11.7. The first-order valence-electron chi connectivity index (χ1n) is 6.16. The highest BCUT2D eigenvalue weighted by molar-refractivity contribution is 7.84. The summed E-state index contributed by atoms with van der Waals surface area (Å²) in [6.45, 7) is 5.48. The van der Waals surface area contributed by atoms with Gasteiger partial charge in [0.25, 0.3) is 0 Å². The van der Waals surface area contributed by atoms with Crippen LogP contribution in [-0.2, 0) is 16.6 Å². The second-order valence-corrected chi connectivity index (χ2v) is 6.17. The third-order valence-corrected chi connectivity index (χ3v) is 4.54. The molecule has 0 aliphatic heterocycles. The van der Waals surface area contributed by atoms with Crippen LogP contribution >= 0.6 is 0 Å². The molecule has 2 rings (SSSR count). The zero-order valence-corrected chi connectivity index (χ0v) is 12.4. The van der Waals surface area contributed by atoms with Gasteiger partial charge in [0.15, 0.2) is 0 Å². The summed E-state index contributed by atoms with van der Waals surface area (Å²) >= 11 is 0. The fraction of sp³-hybridized carbons (Fsp3) is 0.267. The highest BCUT2D eigenvalue weighted by Crippen LogP contribution is 2.21. The second-order valence-electron chi connectivity index (χ2n) is 4.75. The number of carboxylic acids is 1. The van der Waals surface area contributed by atoms with E-state index >= 15 is 0 Å². The Labute approximate surface area is 119 Å². The van der Waals surface area contributed by atoms with Gasteiger partial charge in [-0.15, -0.1) is 0 Å². The first-order valence-corrected chi connectivity index (χ1v) is 7.48. The Morgan fingerprint density at radius 2 is 1.95 bits per heavy atom. The minimum absolute atomic E-state index is 0.123. The molecule has 1 atom stereocenters. The van der Waals surface area contributed by atoms with Crippen LogP contribution in [-0.4, -0.2) is 15.3 Å². The van der Waals surface area contributed by atoms with E-state index in [9.17, 15) is 9.00 Å². The molecule has 0 amide bonds. The maximum absolute atomic E-state index is 12.3. The van der Waals surface area contributed by atoms with Crippen LogP contribution in [0.4, 0.5) is 0 Å². The van der Waals surface area contributed by atoms with E-state index in [2.05, 4.69) is 0 Å². The minimum Gasteiger partial charge on any atom is -0.478 e. The number of aromatic carboxylic acids is 1. The SMILES string of the molecule is Cc1ccc(S(=O)Cc2cc(C(=O)O)c(C)o2)c(C)c1. The zero-order valence-electron chi connectivity index (χ0n) is 11.6. The normalized spacial score (nSPS) is 12.3. The smallest absolute Gasteiger partial charge is 0.339 e. The minimum atomic E-state index is -1.25. The lowest BCUT2D eigenvalue weighted by molar-refractivity contribution is 0.0695. The molecule has 0 saturated carbocycles. The fourth-order valence-corrected chi connectivity index (χ4v) is 3.28. The maximum atomic E-state index is 12.3. The Morgan fingerprint density at radius 3 is 2.50 bits per heavy atom. The van der Waals surface area contributed by atoms with Crippen LogP contribution in [0, 0.1) is 20.8 Å². The summed E-state index contributed by atoms with van der Waals surface area (Å²) in [5.41, 5.74) is 2.20. The lowest BCUT2D eigenvalue weighted by Gasteiger charge is -2.05. The summed E-state index contributed by atoms with van der Waals surface area (Å²) < 4.78 is 17.7. The molecule has 0 spiro atoms. The van der Waals surface area contributed by atoms with Crippen LogP contribution in [0.1, 0.15) is 33.0 Å². The summed E-state index contributed by atoms with van der Waals surface area (Å²) in [5.74, 6) is -0.0870. The standard InChI is InChI=1S/C15H16O4S/c1-9-4-5-14(10(2)6-9)20(18)8-12-7-13(15(16)17)11(3)19-12/h4-7H,8H2,1-3H3,(H,16,17). The quantitative estimate of drug-likeness (QED) is 0.939. The van der Waals surface area contributed by atoms with E-state index in [1.807, 2.05) is 32.0 Å². The molecule has 1 aromatic heterocycles. The number of benzene rings is 1.